The Kier molecular flexibility index (Phi) is 4.56. The third-order valence-electron chi connectivity index (χ3n) is 4.50. The second kappa shape index (κ2) is 5.68. The molecule has 4 nitrogen and oxygen atoms in total. The fourth-order valence-electron chi connectivity index (χ4n) is 3.47. The standard InChI is InChI=1S/C15H28O4/c1-14(2,3)13(17-4)12(16)11-5-7-19-15(9-11)6-8-18-10-15/h11-13,16H,5-10H2,1-4H3. The first kappa shape index (κ1) is 15.2. The minimum Gasteiger partial charge on any atom is -0.390 e. The van der Waals surface area contributed by atoms with Crippen LogP contribution in [0.15, 0.2) is 0 Å². The van der Waals surface area contributed by atoms with Gasteiger partial charge in [-0.25, -0.2) is 0 Å². The van der Waals surface area contributed by atoms with Crippen molar-refractivity contribution >= 4 is 0 Å². The fraction of sp³-hybridized carbons (Fsp3) is 1.00. The summed E-state index contributed by atoms with van der Waals surface area (Å²) in [6, 6.07) is 0. The first-order valence-corrected chi connectivity index (χ1v) is 7.30. The van der Waals surface area contributed by atoms with Gasteiger partial charge in [0.25, 0.3) is 0 Å². The molecule has 2 fully saturated rings. The van der Waals surface area contributed by atoms with Crippen molar-refractivity contribution in [3.05, 3.63) is 0 Å². The number of hydrogen-bond acceptors (Lipinski definition) is 4. The van der Waals surface area contributed by atoms with E-state index >= 15 is 0 Å². The van der Waals surface area contributed by atoms with Crippen molar-refractivity contribution < 1.29 is 19.3 Å². The summed E-state index contributed by atoms with van der Waals surface area (Å²) in [4.78, 5) is 0. The molecule has 0 aromatic heterocycles. The third-order valence-corrected chi connectivity index (χ3v) is 4.50. The van der Waals surface area contributed by atoms with Crippen molar-refractivity contribution in [3.63, 3.8) is 0 Å². The van der Waals surface area contributed by atoms with Gasteiger partial charge in [0.1, 0.15) is 0 Å². The summed E-state index contributed by atoms with van der Waals surface area (Å²) >= 11 is 0. The summed E-state index contributed by atoms with van der Waals surface area (Å²) in [6.45, 7) is 8.49. The normalized spacial score (nSPS) is 35.5. The highest BCUT2D eigenvalue weighted by Gasteiger charge is 2.45. The maximum absolute atomic E-state index is 10.7. The average Bonchev–Trinajstić information content (AvgIpc) is 2.76. The molecule has 4 atom stereocenters. The van der Waals surface area contributed by atoms with Gasteiger partial charge in [0.05, 0.1) is 24.4 Å². The first-order chi connectivity index (χ1) is 8.88. The molecule has 19 heavy (non-hydrogen) atoms. The van der Waals surface area contributed by atoms with E-state index in [9.17, 15) is 5.11 Å². The predicted molar refractivity (Wildman–Crippen MR) is 73.1 cm³/mol. The topological polar surface area (TPSA) is 47.9 Å². The van der Waals surface area contributed by atoms with E-state index in [4.69, 9.17) is 14.2 Å². The van der Waals surface area contributed by atoms with Crippen LogP contribution >= 0.6 is 0 Å². The lowest BCUT2D eigenvalue weighted by molar-refractivity contribution is -0.150. The zero-order valence-electron chi connectivity index (χ0n) is 12.6. The van der Waals surface area contributed by atoms with Crippen LogP contribution in [0, 0.1) is 11.3 Å². The van der Waals surface area contributed by atoms with Crippen molar-refractivity contribution in [1.82, 2.24) is 0 Å². The van der Waals surface area contributed by atoms with Gasteiger partial charge in [-0.2, -0.15) is 0 Å². The second-order valence-electron chi connectivity index (χ2n) is 7.10. The van der Waals surface area contributed by atoms with Gasteiger partial charge < -0.3 is 19.3 Å². The highest BCUT2D eigenvalue weighted by atomic mass is 16.6. The molecule has 0 aromatic rings. The van der Waals surface area contributed by atoms with E-state index in [-0.39, 0.29) is 23.0 Å². The number of aliphatic hydroxyl groups excluding tert-OH is 1. The van der Waals surface area contributed by atoms with Gasteiger partial charge in [-0.1, -0.05) is 20.8 Å². The zero-order chi connectivity index (χ0) is 14.1. The van der Waals surface area contributed by atoms with E-state index in [2.05, 4.69) is 20.8 Å². The van der Waals surface area contributed by atoms with Gasteiger partial charge in [0.15, 0.2) is 0 Å². The van der Waals surface area contributed by atoms with Gasteiger partial charge in [-0.3, -0.25) is 0 Å². The molecule has 4 heteroatoms. The Labute approximate surface area is 116 Å². The van der Waals surface area contributed by atoms with Crippen LogP contribution in [0.2, 0.25) is 0 Å². The highest BCUT2D eigenvalue weighted by molar-refractivity contribution is 4.95. The number of ether oxygens (including phenoxy) is 3. The lowest BCUT2D eigenvalue weighted by Gasteiger charge is -2.43. The largest absolute Gasteiger partial charge is 0.390 e. The van der Waals surface area contributed by atoms with Crippen LogP contribution in [-0.4, -0.2) is 49.8 Å². The maximum Gasteiger partial charge on any atom is 0.0940 e. The van der Waals surface area contributed by atoms with E-state index in [0.29, 0.717) is 13.2 Å². The van der Waals surface area contributed by atoms with Crippen LogP contribution in [0.5, 0.6) is 0 Å². The predicted octanol–water partition coefficient (Wildman–Crippen LogP) is 1.99. The zero-order valence-corrected chi connectivity index (χ0v) is 12.6. The fourth-order valence-corrected chi connectivity index (χ4v) is 3.47. The monoisotopic (exact) mass is 272 g/mol. The summed E-state index contributed by atoms with van der Waals surface area (Å²) in [7, 11) is 1.69. The SMILES string of the molecule is COC(C(O)C1CCOC2(CCOC2)C1)C(C)(C)C. The molecular formula is C15H28O4. The first-order valence-electron chi connectivity index (χ1n) is 7.30. The third kappa shape index (κ3) is 3.30. The van der Waals surface area contributed by atoms with Gasteiger partial charge in [0, 0.05) is 26.7 Å². The Bertz CT molecular complexity index is 291. The summed E-state index contributed by atoms with van der Waals surface area (Å²) in [5.41, 5.74) is -0.216. The summed E-state index contributed by atoms with van der Waals surface area (Å²) in [5.74, 6) is 0.236. The Hall–Kier alpha value is -0.160. The second-order valence-corrected chi connectivity index (χ2v) is 7.10. The molecule has 2 rings (SSSR count). The van der Waals surface area contributed by atoms with Crippen molar-refractivity contribution in [2.24, 2.45) is 11.3 Å². The molecule has 0 aromatic carbocycles. The average molecular weight is 272 g/mol. The van der Waals surface area contributed by atoms with E-state index in [0.717, 1.165) is 25.9 Å². The Morgan fingerprint density at radius 3 is 2.58 bits per heavy atom. The Morgan fingerprint density at radius 2 is 2.05 bits per heavy atom. The molecule has 2 aliphatic heterocycles. The molecule has 0 radical (unpaired) electrons. The summed E-state index contributed by atoms with van der Waals surface area (Å²) < 4.78 is 17.0. The molecule has 4 unspecified atom stereocenters. The molecule has 2 aliphatic rings. The Morgan fingerprint density at radius 1 is 1.32 bits per heavy atom. The summed E-state index contributed by atoms with van der Waals surface area (Å²) in [6.07, 6.45) is 2.15. The van der Waals surface area contributed by atoms with E-state index < -0.39 is 6.10 Å². The van der Waals surface area contributed by atoms with Gasteiger partial charge in [0.2, 0.25) is 0 Å². The lowest BCUT2D eigenvalue weighted by Crippen LogP contribution is -2.49. The van der Waals surface area contributed by atoms with E-state index in [1.54, 1.807) is 7.11 Å². The van der Waals surface area contributed by atoms with Crippen LogP contribution in [0.25, 0.3) is 0 Å². The van der Waals surface area contributed by atoms with Gasteiger partial charge in [-0.05, 0) is 24.2 Å². The molecule has 0 amide bonds. The van der Waals surface area contributed by atoms with Crippen LogP contribution < -0.4 is 0 Å². The van der Waals surface area contributed by atoms with Crippen molar-refractivity contribution in [2.75, 3.05) is 26.9 Å². The van der Waals surface area contributed by atoms with Crippen molar-refractivity contribution in [3.8, 4) is 0 Å². The van der Waals surface area contributed by atoms with Crippen LogP contribution in [0.3, 0.4) is 0 Å². The number of rotatable bonds is 3. The smallest absolute Gasteiger partial charge is 0.0940 e. The minimum absolute atomic E-state index is 0.0637. The van der Waals surface area contributed by atoms with Crippen molar-refractivity contribution in [1.29, 1.82) is 0 Å². The van der Waals surface area contributed by atoms with Crippen LogP contribution in [0.1, 0.15) is 40.0 Å². The maximum atomic E-state index is 10.7. The quantitative estimate of drug-likeness (QED) is 0.853. The van der Waals surface area contributed by atoms with Gasteiger partial charge in [-0.15, -0.1) is 0 Å². The number of methoxy groups -OCH3 is 1. The summed E-state index contributed by atoms with van der Waals surface area (Å²) in [5, 5.41) is 10.7. The molecule has 0 aliphatic carbocycles. The van der Waals surface area contributed by atoms with Crippen molar-refractivity contribution in [2.45, 2.75) is 57.8 Å². The molecule has 112 valence electrons. The molecule has 2 saturated heterocycles. The van der Waals surface area contributed by atoms with E-state index in [1.165, 1.54) is 0 Å². The lowest BCUT2D eigenvalue weighted by atomic mass is 9.75. The van der Waals surface area contributed by atoms with Crippen LogP contribution in [-0.2, 0) is 14.2 Å². The molecule has 0 bridgehead atoms. The number of hydrogen-bond donors (Lipinski definition) is 1. The van der Waals surface area contributed by atoms with Gasteiger partial charge >= 0.3 is 0 Å². The van der Waals surface area contributed by atoms with Crippen LogP contribution in [0.4, 0.5) is 0 Å². The van der Waals surface area contributed by atoms with E-state index in [1.807, 2.05) is 0 Å². The minimum atomic E-state index is -0.439. The Balaban J connectivity index is 2.04. The molecular weight excluding hydrogens is 244 g/mol. The highest BCUT2D eigenvalue weighted by Crippen LogP contribution is 2.39. The molecule has 0 saturated carbocycles. The molecule has 1 N–H and O–H groups in total. The number of aliphatic hydroxyl groups is 1. The molecule has 2 heterocycles. The molecule has 1 spiro atoms.